The third kappa shape index (κ3) is 1.08. The topological polar surface area (TPSA) is 43.7 Å². The summed E-state index contributed by atoms with van der Waals surface area (Å²) < 4.78 is 0. The number of aliphatic hydroxyl groups excluding tert-OH is 2. The first-order chi connectivity index (χ1) is 5.72. The highest BCUT2D eigenvalue weighted by Crippen LogP contribution is 2.31. The number of piperidine rings is 1. The van der Waals surface area contributed by atoms with Crippen LogP contribution in [0.4, 0.5) is 0 Å². The first kappa shape index (κ1) is 8.48. The van der Waals surface area contributed by atoms with E-state index >= 15 is 0 Å². The molecule has 0 amide bonds. The smallest absolute Gasteiger partial charge is 0.0969 e. The number of aliphatic hydroxyl groups is 2. The van der Waals surface area contributed by atoms with E-state index < -0.39 is 12.2 Å². The predicted molar refractivity (Wildman–Crippen MR) is 45.8 cm³/mol. The minimum atomic E-state index is -0.534. The lowest BCUT2D eigenvalue weighted by atomic mass is 10.0. The summed E-state index contributed by atoms with van der Waals surface area (Å²) in [4.78, 5) is 2.25. The molecule has 70 valence electrons. The molecule has 2 saturated heterocycles. The number of hydrogen-bond donors (Lipinski definition) is 2. The van der Waals surface area contributed by atoms with Crippen molar-refractivity contribution in [1.29, 1.82) is 0 Å². The van der Waals surface area contributed by atoms with Gasteiger partial charge in [0.2, 0.25) is 0 Å². The van der Waals surface area contributed by atoms with Crippen molar-refractivity contribution in [3.63, 3.8) is 0 Å². The van der Waals surface area contributed by atoms with Crippen molar-refractivity contribution in [2.45, 2.75) is 50.5 Å². The van der Waals surface area contributed by atoms with Gasteiger partial charge in [0.05, 0.1) is 12.2 Å². The summed E-state index contributed by atoms with van der Waals surface area (Å²) in [6, 6.07) is 0.369. The molecule has 0 radical (unpaired) electrons. The minimum absolute atomic E-state index is 0.144. The summed E-state index contributed by atoms with van der Waals surface area (Å²) in [6.07, 6.45) is 2.40. The van der Waals surface area contributed by atoms with Crippen molar-refractivity contribution in [3.8, 4) is 0 Å². The molecule has 12 heavy (non-hydrogen) atoms. The normalized spacial score (nSPS) is 49.2. The maximum absolute atomic E-state index is 9.67. The predicted octanol–water partition coefficient (Wildman–Crippen LogP) is -0.0352. The van der Waals surface area contributed by atoms with E-state index in [2.05, 4.69) is 4.90 Å². The lowest BCUT2D eigenvalue weighted by Gasteiger charge is -2.32. The zero-order valence-corrected chi connectivity index (χ0v) is 7.48. The molecule has 2 fully saturated rings. The molecule has 0 aromatic carbocycles. The van der Waals surface area contributed by atoms with Crippen LogP contribution in [0.3, 0.4) is 0 Å². The van der Waals surface area contributed by atoms with Crippen molar-refractivity contribution < 1.29 is 10.2 Å². The molecule has 4 atom stereocenters. The summed E-state index contributed by atoms with van der Waals surface area (Å²) in [5.74, 6) is 0. The number of nitrogens with zero attached hydrogens (tertiary/aromatic N) is 1. The van der Waals surface area contributed by atoms with Gasteiger partial charge in [0, 0.05) is 12.1 Å². The van der Waals surface area contributed by atoms with Crippen molar-refractivity contribution >= 4 is 0 Å². The highest BCUT2D eigenvalue weighted by Gasteiger charge is 2.45. The van der Waals surface area contributed by atoms with Gasteiger partial charge in [-0.05, 0) is 26.3 Å². The van der Waals surface area contributed by atoms with Gasteiger partial charge in [-0.1, -0.05) is 6.42 Å². The van der Waals surface area contributed by atoms with Crippen molar-refractivity contribution in [3.05, 3.63) is 0 Å². The fourth-order valence-corrected chi connectivity index (χ4v) is 2.56. The summed E-state index contributed by atoms with van der Waals surface area (Å²) in [5, 5.41) is 19.3. The van der Waals surface area contributed by atoms with Crippen molar-refractivity contribution in [2.75, 3.05) is 6.54 Å². The fraction of sp³-hybridized carbons (Fsp3) is 1.00. The zero-order valence-electron chi connectivity index (χ0n) is 7.48. The molecule has 3 heteroatoms. The van der Waals surface area contributed by atoms with E-state index in [9.17, 15) is 10.2 Å². The van der Waals surface area contributed by atoms with E-state index in [-0.39, 0.29) is 12.1 Å². The lowest BCUT2D eigenvalue weighted by molar-refractivity contribution is 0.0275. The maximum atomic E-state index is 9.67. The molecular weight excluding hydrogens is 154 g/mol. The van der Waals surface area contributed by atoms with Gasteiger partial charge >= 0.3 is 0 Å². The van der Waals surface area contributed by atoms with Crippen LogP contribution in [0.2, 0.25) is 0 Å². The van der Waals surface area contributed by atoms with E-state index in [1.807, 2.05) is 6.92 Å². The molecule has 0 aliphatic carbocycles. The maximum Gasteiger partial charge on any atom is 0.0969 e. The highest BCUT2D eigenvalue weighted by atomic mass is 16.3. The van der Waals surface area contributed by atoms with Crippen LogP contribution in [0, 0.1) is 0 Å². The number of rotatable bonds is 0. The van der Waals surface area contributed by atoms with Crippen LogP contribution < -0.4 is 0 Å². The molecule has 0 aromatic rings. The van der Waals surface area contributed by atoms with Gasteiger partial charge in [0.15, 0.2) is 0 Å². The van der Waals surface area contributed by atoms with Gasteiger partial charge in [0.1, 0.15) is 0 Å². The van der Waals surface area contributed by atoms with Crippen molar-refractivity contribution in [1.82, 2.24) is 4.90 Å². The fourth-order valence-electron chi connectivity index (χ4n) is 2.56. The molecule has 2 aliphatic heterocycles. The monoisotopic (exact) mass is 171 g/mol. The Morgan fingerprint density at radius 3 is 2.58 bits per heavy atom. The Morgan fingerprint density at radius 1 is 1.17 bits per heavy atom. The molecule has 2 rings (SSSR count). The van der Waals surface area contributed by atoms with Gasteiger partial charge in [-0.25, -0.2) is 0 Å². The van der Waals surface area contributed by atoms with Crippen LogP contribution in [0.5, 0.6) is 0 Å². The Balaban J connectivity index is 2.14. The van der Waals surface area contributed by atoms with Crippen LogP contribution in [-0.4, -0.2) is 45.9 Å². The Bertz CT molecular complexity index is 156. The first-order valence-corrected chi connectivity index (χ1v) is 4.83. The molecule has 2 heterocycles. The Morgan fingerprint density at radius 2 is 1.92 bits per heavy atom. The molecule has 4 unspecified atom stereocenters. The first-order valence-electron chi connectivity index (χ1n) is 4.83. The van der Waals surface area contributed by atoms with Gasteiger partial charge in [-0.2, -0.15) is 0 Å². The Labute approximate surface area is 73.0 Å². The van der Waals surface area contributed by atoms with Gasteiger partial charge < -0.3 is 10.2 Å². The van der Waals surface area contributed by atoms with E-state index in [4.69, 9.17) is 0 Å². The zero-order chi connectivity index (χ0) is 8.72. The van der Waals surface area contributed by atoms with Crippen LogP contribution >= 0.6 is 0 Å². The van der Waals surface area contributed by atoms with Crippen molar-refractivity contribution in [2.24, 2.45) is 0 Å². The lowest BCUT2D eigenvalue weighted by Crippen LogP contribution is -2.41. The average molecular weight is 171 g/mol. The van der Waals surface area contributed by atoms with Gasteiger partial charge in [-0.3, -0.25) is 4.90 Å². The van der Waals surface area contributed by atoms with E-state index in [0.29, 0.717) is 0 Å². The van der Waals surface area contributed by atoms with E-state index in [1.54, 1.807) is 0 Å². The summed E-state index contributed by atoms with van der Waals surface area (Å²) >= 11 is 0. The standard InChI is InChI=1S/C9H17NO2/c1-6-8(11)9(12)7-4-2-3-5-10(6)7/h6-9,11-12H,2-5H2,1H3. The second-order valence-electron chi connectivity index (χ2n) is 4.02. The Kier molecular flexibility index (Phi) is 2.10. The van der Waals surface area contributed by atoms with E-state index in [1.165, 1.54) is 12.8 Å². The molecular formula is C9H17NO2. The van der Waals surface area contributed by atoms with Crippen LogP contribution in [-0.2, 0) is 0 Å². The number of hydrogen-bond acceptors (Lipinski definition) is 3. The third-order valence-electron chi connectivity index (χ3n) is 3.35. The SMILES string of the molecule is CC1C(O)C(O)C2CCCCN12. The quantitative estimate of drug-likeness (QED) is 0.537. The van der Waals surface area contributed by atoms with E-state index in [0.717, 1.165) is 13.0 Å². The Hall–Kier alpha value is -0.120. The van der Waals surface area contributed by atoms with Gasteiger partial charge in [-0.15, -0.1) is 0 Å². The minimum Gasteiger partial charge on any atom is -0.389 e. The summed E-state index contributed by atoms with van der Waals surface area (Å²) in [5.41, 5.74) is 0. The second kappa shape index (κ2) is 2.98. The second-order valence-corrected chi connectivity index (χ2v) is 4.02. The molecule has 0 saturated carbocycles. The molecule has 2 aliphatic rings. The summed E-state index contributed by atoms with van der Waals surface area (Å²) in [6.45, 7) is 3.04. The highest BCUT2D eigenvalue weighted by molar-refractivity contribution is 5.00. The van der Waals surface area contributed by atoms with Crippen LogP contribution in [0.25, 0.3) is 0 Å². The third-order valence-corrected chi connectivity index (χ3v) is 3.35. The molecule has 0 bridgehead atoms. The van der Waals surface area contributed by atoms with Gasteiger partial charge in [0.25, 0.3) is 0 Å². The molecule has 3 nitrogen and oxygen atoms in total. The molecule has 0 aromatic heterocycles. The van der Waals surface area contributed by atoms with Crippen LogP contribution in [0.15, 0.2) is 0 Å². The summed E-state index contributed by atoms with van der Waals surface area (Å²) in [7, 11) is 0. The largest absolute Gasteiger partial charge is 0.389 e. The number of fused-ring (bicyclic) bond motifs is 1. The molecule has 2 N–H and O–H groups in total. The average Bonchev–Trinajstić information content (AvgIpc) is 2.33. The van der Waals surface area contributed by atoms with Crippen LogP contribution in [0.1, 0.15) is 26.2 Å². The molecule has 0 spiro atoms.